The molecule has 0 heterocycles. The smallest absolute Gasteiger partial charge is 0.250 e. The average Bonchev–Trinajstić information content (AvgIpc) is 2.32. The Hall–Kier alpha value is -2.08. The standard InChI is InChI=1S/C13H11BrFN3O/c14-7-1-4-11(10(15)5-7)18-12-6-8(16)2-3-9(12)13(17)19/h1-6,18H,16H2,(H2,17,19). The summed E-state index contributed by atoms with van der Waals surface area (Å²) >= 11 is 3.17. The molecule has 0 radical (unpaired) electrons. The lowest BCUT2D eigenvalue weighted by Gasteiger charge is -2.12. The predicted octanol–water partition coefficient (Wildman–Crippen LogP) is 3.01. The molecule has 4 nitrogen and oxygen atoms in total. The molecule has 0 fully saturated rings. The van der Waals surface area contributed by atoms with Crippen LogP contribution in [0, 0.1) is 5.82 Å². The highest BCUT2D eigenvalue weighted by molar-refractivity contribution is 9.10. The van der Waals surface area contributed by atoms with Crippen LogP contribution in [0.15, 0.2) is 40.9 Å². The van der Waals surface area contributed by atoms with E-state index in [9.17, 15) is 9.18 Å². The van der Waals surface area contributed by atoms with Crippen molar-refractivity contribution in [2.45, 2.75) is 0 Å². The zero-order valence-corrected chi connectivity index (χ0v) is 11.4. The van der Waals surface area contributed by atoms with Crippen molar-refractivity contribution in [1.82, 2.24) is 0 Å². The molecule has 2 rings (SSSR count). The molecule has 1 amide bonds. The van der Waals surface area contributed by atoms with E-state index >= 15 is 0 Å². The van der Waals surface area contributed by atoms with Crippen molar-refractivity contribution in [3.8, 4) is 0 Å². The lowest BCUT2D eigenvalue weighted by molar-refractivity contribution is 0.100. The minimum Gasteiger partial charge on any atom is -0.399 e. The van der Waals surface area contributed by atoms with E-state index in [4.69, 9.17) is 11.5 Å². The molecule has 0 unspecified atom stereocenters. The van der Waals surface area contributed by atoms with Gasteiger partial charge in [-0.2, -0.15) is 0 Å². The molecule has 5 N–H and O–H groups in total. The Bertz CT molecular complexity index is 646. The number of nitrogen functional groups attached to an aromatic ring is 1. The fourth-order valence-electron chi connectivity index (χ4n) is 1.62. The third kappa shape index (κ3) is 3.03. The van der Waals surface area contributed by atoms with Gasteiger partial charge in [-0.1, -0.05) is 15.9 Å². The quantitative estimate of drug-likeness (QED) is 0.759. The first-order chi connectivity index (χ1) is 8.97. The third-order valence-electron chi connectivity index (χ3n) is 2.51. The number of carbonyl (C=O) groups is 1. The van der Waals surface area contributed by atoms with Crippen molar-refractivity contribution in [1.29, 1.82) is 0 Å². The van der Waals surface area contributed by atoms with E-state index in [0.717, 1.165) is 0 Å². The van der Waals surface area contributed by atoms with E-state index in [1.54, 1.807) is 18.2 Å². The largest absolute Gasteiger partial charge is 0.399 e. The Labute approximate surface area is 117 Å². The molecule has 2 aromatic rings. The van der Waals surface area contributed by atoms with Gasteiger partial charge in [-0.05, 0) is 36.4 Å². The second-order valence-electron chi connectivity index (χ2n) is 3.92. The summed E-state index contributed by atoms with van der Waals surface area (Å²) in [5.74, 6) is -1.06. The summed E-state index contributed by atoms with van der Waals surface area (Å²) in [6.45, 7) is 0. The third-order valence-corrected chi connectivity index (χ3v) is 3.00. The van der Waals surface area contributed by atoms with Crippen LogP contribution in [0.3, 0.4) is 0 Å². The molecule has 0 aliphatic carbocycles. The normalized spacial score (nSPS) is 10.2. The number of nitrogens with one attached hydrogen (secondary N) is 1. The van der Waals surface area contributed by atoms with Gasteiger partial charge in [0.25, 0.3) is 5.91 Å². The maximum atomic E-state index is 13.7. The molecule has 0 aliphatic heterocycles. The van der Waals surface area contributed by atoms with Crippen LogP contribution in [0.25, 0.3) is 0 Å². The Kier molecular flexibility index (Phi) is 3.71. The van der Waals surface area contributed by atoms with Gasteiger partial charge in [-0.15, -0.1) is 0 Å². The maximum Gasteiger partial charge on any atom is 0.250 e. The highest BCUT2D eigenvalue weighted by atomic mass is 79.9. The molecule has 6 heteroatoms. The van der Waals surface area contributed by atoms with Crippen LogP contribution in [0.4, 0.5) is 21.5 Å². The van der Waals surface area contributed by atoms with Crippen LogP contribution in [-0.4, -0.2) is 5.91 Å². The highest BCUT2D eigenvalue weighted by Gasteiger charge is 2.10. The predicted molar refractivity (Wildman–Crippen MR) is 76.8 cm³/mol. The fourth-order valence-corrected chi connectivity index (χ4v) is 1.95. The first-order valence-corrected chi connectivity index (χ1v) is 6.18. The molecule has 0 atom stereocenters. The van der Waals surface area contributed by atoms with Gasteiger partial charge >= 0.3 is 0 Å². The SMILES string of the molecule is NC(=O)c1ccc(N)cc1Nc1ccc(Br)cc1F. The number of primary amides is 1. The number of rotatable bonds is 3. The van der Waals surface area contributed by atoms with E-state index < -0.39 is 11.7 Å². The Morgan fingerprint density at radius 1 is 1.16 bits per heavy atom. The summed E-state index contributed by atoms with van der Waals surface area (Å²) in [6.07, 6.45) is 0. The summed E-state index contributed by atoms with van der Waals surface area (Å²) < 4.78 is 14.4. The summed E-state index contributed by atoms with van der Waals surface area (Å²) in [4.78, 5) is 11.3. The minimum absolute atomic E-state index is 0.233. The first-order valence-electron chi connectivity index (χ1n) is 5.39. The summed E-state index contributed by atoms with van der Waals surface area (Å²) in [7, 11) is 0. The van der Waals surface area contributed by atoms with Gasteiger partial charge in [-0.3, -0.25) is 4.79 Å². The number of carbonyl (C=O) groups excluding carboxylic acids is 1. The molecule has 98 valence electrons. The molecule has 0 bridgehead atoms. The number of hydrogen-bond donors (Lipinski definition) is 3. The molecule has 0 saturated carbocycles. The van der Waals surface area contributed by atoms with Crippen LogP contribution in [0.5, 0.6) is 0 Å². The van der Waals surface area contributed by atoms with Crippen LogP contribution in [-0.2, 0) is 0 Å². The van der Waals surface area contributed by atoms with E-state index in [-0.39, 0.29) is 11.3 Å². The lowest BCUT2D eigenvalue weighted by atomic mass is 10.1. The zero-order chi connectivity index (χ0) is 14.0. The van der Waals surface area contributed by atoms with Gasteiger partial charge < -0.3 is 16.8 Å². The monoisotopic (exact) mass is 323 g/mol. The summed E-state index contributed by atoms with van der Waals surface area (Å²) in [5, 5.41) is 2.81. The second kappa shape index (κ2) is 5.27. The Morgan fingerprint density at radius 2 is 1.89 bits per heavy atom. The molecule has 0 spiro atoms. The summed E-state index contributed by atoms with van der Waals surface area (Å²) in [5.41, 5.74) is 12.2. The van der Waals surface area contributed by atoms with E-state index in [2.05, 4.69) is 21.2 Å². The van der Waals surface area contributed by atoms with Gasteiger partial charge in [0.2, 0.25) is 0 Å². The Balaban J connectivity index is 2.42. The van der Waals surface area contributed by atoms with Crippen LogP contribution in [0.2, 0.25) is 0 Å². The topological polar surface area (TPSA) is 81.1 Å². The second-order valence-corrected chi connectivity index (χ2v) is 4.83. The van der Waals surface area contributed by atoms with Gasteiger partial charge in [-0.25, -0.2) is 4.39 Å². The fraction of sp³-hybridized carbons (Fsp3) is 0. The minimum atomic E-state index is -0.611. The average molecular weight is 324 g/mol. The number of anilines is 3. The van der Waals surface area contributed by atoms with Crippen LogP contribution in [0.1, 0.15) is 10.4 Å². The van der Waals surface area contributed by atoms with Crippen LogP contribution >= 0.6 is 15.9 Å². The number of benzene rings is 2. The molecular weight excluding hydrogens is 313 g/mol. The van der Waals surface area contributed by atoms with E-state index in [1.165, 1.54) is 18.2 Å². The molecule has 19 heavy (non-hydrogen) atoms. The zero-order valence-electron chi connectivity index (χ0n) is 9.78. The van der Waals surface area contributed by atoms with E-state index in [1.807, 2.05) is 0 Å². The van der Waals surface area contributed by atoms with Gasteiger partial charge in [0, 0.05) is 10.2 Å². The summed E-state index contributed by atoms with van der Waals surface area (Å²) in [6, 6.07) is 9.13. The van der Waals surface area contributed by atoms with Gasteiger partial charge in [0.05, 0.1) is 16.9 Å². The molecular formula is C13H11BrFN3O. The molecule has 0 aliphatic rings. The molecule has 0 saturated heterocycles. The maximum absolute atomic E-state index is 13.7. The van der Waals surface area contributed by atoms with Crippen LogP contribution < -0.4 is 16.8 Å². The van der Waals surface area contributed by atoms with Crippen molar-refractivity contribution < 1.29 is 9.18 Å². The number of halogens is 2. The van der Waals surface area contributed by atoms with E-state index in [0.29, 0.717) is 15.8 Å². The van der Waals surface area contributed by atoms with Gasteiger partial charge in [0.1, 0.15) is 5.82 Å². The van der Waals surface area contributed by atoms with Crippen molar-refractivity contribution in [3.63, 3.8) is 0 Å². The van der Waals surface area contributed by atoms with Gasteiger partial charge in [0.15, 0.2) is 0 Å². The van der Waals surface area contributed by atoms with Crippen molar-refractivity contribution in [3.05, 3.63) is 52.3 Å². The Morgan fingerprint density at radius 3 is 2.53 bits per heavy atom. The van der Waals surface area contributed by atoms with Crippen molar-refractivity contribution in [2.24, 2.45) is 5.73 Å². The first kappa shape index (κ1) is 13.4. The van der Waals surface area contributed by atoms with Crippen molar-refractivity contribution in [2.75, 3.05) is 11.1 Å². The number of amides is 1. The van der Waals surface area contributed by atoms with Crippen molar-refractivity contribution >= 4 is 38.9 Å². The molecule has 2 aromatic carbocycles. The highest BCUT2D eigenvalue weighted by Crippen LogP contribution is 2.26. The number of hydrogen-bond acceptors (Lipinski definition) is 3. The lowest BCUT2D eigenvalue weighted by Crippen LogP contribution is -2.13. The number of nitrogens with two attached hydrogens (primary N) is 2. The molecule has 0 aromatic heterocycles.